The quantitative estimate of drug-likeness (QED) is 0.504. The Labute approximate surface area is 140 Å². The summed E-state index contributed by atoms with van der Waals surface area (Å²) in [6.07, 6.45) is 0. The summed E-state index contributed by atoms with van der Waals surface area (Å²) >= 11 is 0. The van der Waals surface area contributed by atoms with Gasteiger partial charge < -0.3 is 4.74 Å². The zero-order chi connectivity index (χ0) is 16.4. The Kier molecular flexibility index (Phi) is 3.61. The molecule has 0 aliphatic carbocycles. The summed E-state index contributed by atoms with van der Waals surface area (Å²) in [4.78, 5) is 0. The van der Waals surface area contributed by atoms with Crippen molar-refractivity contribution < 1.29 is 4.74 Å². The Bertz CT molecular complexity index is 1080. The number of hydrogen-bond acceptors (Lipinski definition) is 2. The molecule has 0 aromatic heterocycles. The van der Waals surface area contributed by atoms with E-state index in [1.54, 1.807) is 0 Å². The first-order valence-corrected chi connectivity index (χ1v) is 7.86. The third-order valence-electron chi connectivity index (χ3n) is 4.16. The van der Waals surface area contributed by atoms with Gasteiger partial charge in [0.2, 0.25) is 0 Å². The van der Waals surface area contributed by atoms with E-state index in [1.807, 2.05) is 48.5 Å². The first-order valence-electron chi connectivity index (χ1n) is 7.86. The molecule has 24 heavy (non-hydrogen) atoms. The largest absolute Gasteiger partial charge is 0.489 e. The van der Waals surface area contributed by atoms with Crippen LogP contribution in [0.3, 0.4) is 0 Å². The number of ether oxygens (including phenoxy) is 1. The van der Waals surface area contributed by atoms with E-state index in [1.165, 1.54) is 10.8 Å². The van der Waals surface area contributed by atoms with Crippen molar-refractivity contribution >= 4 is 21.5 Å². The molecule has 0 saturated carbocycles. The first kappa shape index (κ1) is 14.3. The van der Waals surface area contributed by atoms with Gasteiger partial charge >= 0.3 is 0 Å². The maximum Gasteiger partial charge on any atom is 0.120 e. The van der Waals surface area contributed by atoms with Gasteiger partial charge in [-0.2, -0.15) is 5.26 Å². The summed E-state index contributed by atoms with van der Waals surface area (Å²) < 4.78 is 5.94. The minimum Gasteiger partial charge on any atom is -0.489 e. The molecule has 4 aromatic carbocycles. The van der Waals surface area contributed by atoms with Gasteiger partial charge in [0, 0.05) is 0 Å². The third-order valence-corrected chi connectivity index (χ3v) is 4.16. The Hall–Kier alpha value is -3.31. The normalized spacial score (nSPS) is 10.6. The molecule has 0 saturated heterocycles. The lowest BCUT2D eigenvalue weighted by Gasteiger charge is -2.08. The molecule has 0 aliphatic rings. The minimum atomic E-state index is 0.534. The molecule has 114 valence electrons. The van der Waals surface area contributed by atoms with Crippen molar-refractivity contribution in [2.24, 2.45) is 0 Å². The molecule has 0 N–H and O–H groups in total. The molecule has 0 fully saturated rings. The van der Waals surface area contributed by atoms with Crippen LogP contribution in [0.5, 0.6) is 5.75 Å². The average molecular weight is 309 g/mol. The van der Waals surface area contributed by atoms with E-state index in [4.69, 9.17) is 10.00 Å². The molecule has 4 aromatic rings. The lowest BCUT2D eigenvalue weighted by molar-refractivity contribution is 0.307. The van der Waals surface area contributed by atoms with Crippen LogP contribution in [-0.2, 0) is 6.61 Å². The summed E-state index contributed by atoms with van der Waals surface area (Å²) in [6.45, 7) is 0.534. The fourth-order valence-electron chi connectivity index (χ4n) is 2.88. The van der Waals surface area contributed by atoms with Crippen LogP contribution < -0.4 is 4.74 Å². The molecule has 0 unspecified atom stereocenters. The maximum atomic E-state index is 8.96. The van der Waals surface area contributed by atoms with Crippen molar-refractivity contribution in [2.75, 3.05) is 0 Å². The van der Waals surface area contributed by atoms with E-state index in [-0.39, 0.29) is 0 Å². The van der Waals surface area contributed by atoms with Crippen molar-refractivity contribution in [1.29, 1.82) is 5.26 Å². The Morgan fingerprint density at radius 3 is 2.29 bits per heavy atom. The summed E-state index contributed by atoms with van der Waals surface area (Å²) in [5.41, 5.74) is 1.82. The van der Waals surface area contributed by atoms with Crippen LogP contribution in [0.15, 0.2) is 78.9 Å². The second-order valence-electron chi connectivity index (χ2n) is 5.81. The van der Waals surface area contributed by atoms with E-state index < -0.39 is 0 Å². The van der Waals surface area contributed by atoms with Gasteiger partial charge in [-0.25, -0.2) is 0 Å². The number of fused-ring (bicyclic) bond motifs is 2. The standard InChI is InChI=1S/C22H15NO/c23-14-16-5-8-21-13-22(10-9-20(21)11-16)24-15-17-6-7-18-3-1-2-4-19(18)12-17/h1-13H,15H2. The molecule has 0 aliphatic heterocycles. The van der Waals surface area contributed by atoms with E-state index in [0.717, 1.165) is 22.1 Å². The van der Waals surface area contributed by atoms with E-state index in [0.29, 0.717) is 12.2 Å². The molecular weight excluding hydrogens is 294 g/mol. The van der Waals surface area contributed by atoms with Crippen molar-refractivity contribution in [2.45, 2.75) is 6.61 Å². The van der Waals surface area contributed by atoms with E-state index >= 15 is 0 Å². The van der Waals surface area contributed by atoms with Gasteiger partial charge in [-0.1, -0.05) is 48.5 Å². The SMILES string of the molecule is N#Cc1ccc2cc(OCc3ccc4ccccc4c3)ccc2c1. The fraction of sp³-hybridized carbons (Fsp3) is 0.0455. The molecule has 0 bridgehead atoms. The number of nitriles is 1. The lowest BCUT2D eigenvalue weighted by Crippen LogP contribution is -1.95. The van der Waals surface area contributed by atoms with Crippen LogP contribution in [-0.4, -0.2) is 0 Å². The highest BCUT2D eigenvalue weighted by Crippen LogP contribution is 2.23. The van der Waals surface area contributed by atoms with E-state index in [2.05, 4.69) is 36.4 Å². The van der Waals surface area contributed by atoms with Gasteiger partial charge in [0.15, 0.2) is 0 Å². The monoisotopic (exact) mass is 309 g/mol. The van der Waals surface area contributed by atoms with Gasteiger partial charge in [-0.3, -0.25) is 0 Å². The topological polar surface area (TPSA) is 33.0 Å². The number of benzene rings is 4. The Morgan fingerprint density at radius 2 is 1.42 bits per heavy atom. The van der Waals surface area contributed by atoms with Crippen LogP contribution >= 0.6 is 0 Å². The van der Waals surface area contributed by atoms with Crippen LogP contribution in [0, 0.1) is 11.3 Å². The molecule has 2 heteroatoms. The molecule has 0 heterocycles. The highest BCUT2D eigenvalue weighted by molar-refractivity contribution is 5.85. The smallest absolute Gasteiger partial charge is 0.120 e. The van der Waals surface area contributed by atoms with Crippen molar-refractivity contribution in [3.63, 3.8) is 0 Å². The minimum absolute atomic E-state index is 0.534. The molecule has 4 rings (SSSR count). The third kappa shape index (κ3) is 2.80. The summed E-state index contributed by atoms with van der Waals surface area (Å²) in [7, 11) is 0. The summed E-state index contributed by atoms with van der Waals surface area (Å²) in [5, 5.41) is 13.5. The van der Waals surface area contributed by atoms with Gasteiger partial charge in [-0.05, 0) is 57.4 Å². The molecule has 0 amide bonds. The molecule has 0 atom stereocenters. The van der Waals surface area contributed by atoms with Crippen molar-refractivity contribution in [3.05, 3.63) is 90.0 Å². The van der Waals surface area contributed by atoms with E-state index in [9.17, 15) is 0 Å². The van der Waals surface area contributed by atoms with Crippen molar-refractivity contribution in [3.8, 4) is 11.8 Å². The Balaban J connectivity index is 1.56. The number of rotatable bonds is 3. The predicted octanol–water partition coefficient (Wildman–Crippen LogP) is 5.44. The highest BCUT2D eigenvalue weighted by Gasteiger charge is 2.01. The summed E-state index contributed by atoms with van der Waals surface area (Å²) in [5.74, 6) is 0.834. The predicted molar refractivity (Wildman–Crippen MR) is 96.9 cm³/mol. The molecule has 0 radical (unpaired) electrons. The van der Waals surface area contributed by atoms with Gasteiger partial charge in [0.1, 0.15) is 12.4 Å². The van der Waals surface area contributed by atoms with Crippen molar-refractivity contribution in [1.82, 2.24) is 0 Å². The van der Waals surface area contributed by atoms with Crippen LogP contribution in [0.1, 0.15) is 11.1 Å². The highest BCUT2D eigenvalue weighted by atomic mass is 16.5. The Morgan fingerprint density at radius 1 is 0.708 bits per heavy atom. The zero-order valence-corrected chi connectivity index (χ0v) is 13.1. The van der Waals surface area contributed by atoms with Gasteiger partial charge in [-0.15, -0.1) is 0 Å². The average Bonchev–Trinajstić information content (AvgIpc) is 2.65. The maximum absolute atomic E-state index is 8.96. The zero-order valence-electron chi connectivity index (χ0n) is 13.1. The van der Waals surface area contributed by atoms with Gasteiger partial charge in [0.05, 0.1) is 11.6 Å². The molecule has 2 nitrogen and oxygen atoms in total. The van der Waals surface area contributed by atoms with Crippen LogP contribution in [0.2, 0.25) is 0 Å². The first-order chi connectivity index (χ1) is 11.8. The molecular formula is C22H15NO. The lowest BCUT2D eigenvalue weighted by atomic mass is 10.1. The van der Waals surface area contributed by atoms with Gasteiger partial charge in [0.25, 0.3) is 0 Å². The fourth-order valence-corrected chi connectivity index (χ4v) is 2.88. The second kappa shape index (κ2) is 6.06. The number of hydrogen-bond donors (Lipinski definition) is 0. The van der Waals surface area contributed by atoms with Crippen LogP contribution in [0.4, 0.5) is 0 Å². The van der Waals surface area contributed by atoms with Crippen LogP contribution in [0.25, 0.3) is 21.5 Å². The number of nitrogens with zero attached hydrogens (tertiary/aromatic N) is 1. The summed E-state index contributed by atoms with van der Waals surface area (Å²) in [6, 6.07) is 28.5. The molecule has 0 spiro atoms. The second-order valence-corrected chi connectivity index (χ2v) is 5.81.